The Morgan fingerprint density at radius 1 is 0.636 bits per heavy atom. The quantitative estimate of drug-likeness (QED) is 0.556. The Hall–Kier alpha value is -2.88. The SMILES string of the molecule is CC(=O)Nc1c(NC(C)=O)c2ccccc2c2ccccc12. The van der Waals surface area contributed by atoms with Crippen LogP contribution in [-0.4, -0.2) is 11.8 Å². The van der Waals surface area contributed by atoms with Gasteiger partial charge >= 0.3 is 0 Å². The zero-order valence-corrected chi connectivity index (χ0v) is 12.4. The number of carbonyl (C=O) groups excluding carboxylic acids is 2. The summed E-state index contributed by atoms with van der Waals surface area (Å²) in [7, 11) is 0. The van der Waals surface area contributed by atoms with E-state index in [1.54, 1.807) is 0 Å². The van der Waals surface area contributed by atoms with Gasteiger partial charge in [0.2, 0.25) is 11.8 Å². The van der Waals surface area contributed by atoms with E-state index in [0.29, 0.717) is 11.4 Å². The molecule has 110 valence electrons. The van der Waals surface area contributed by atoms with Gasteiger partial charge in [0.1, 0.15) is 0 Å². The standard InChI is InChI=1S/C18H16N2O2/c1-11(21)19-17-15-9-5-3-7-13(15)14-8-4-6-10-16(14)18(17)20-12(2)22/h3-10H,1-2H3,(H,19,21)(H,20,22). The molecule has 4 heteroatoms. The van der Waals surface area contributed by atoms with E-state index in [9.17, 15) is 9.59 Å². The number of anilines is 2. The van der Waals surface area contributed by atoms with Crippen molar-refractivity contribution >= 4 is 44.7 Å². The Labute approximate surface area is 128 Å². The first-order chi connectivity index (χ1) is 10.6. The number of rotatable bonds is 2. The predicted octanol–water partition coefficient (Wildman–Crippen LogP) is 3.91. The van der Waals surface area contributed by atoms with Crippen LogP contribution in [0.15, 0.2) is 48.5 Å². The number of hydrogen-bond donors (Lipinski definition) is 2. The summed E-state index contributed by atoms with van der Waals surface area (Å²) in [5.74, 6) is -0.348. The molecular formula is C18H16N2O2. The molecule has 0 bridgehead atoms. The van der Waals surface area contributed by atoms with Gasteiger partial charge in [0.05, 0.1) is 11.4 Å². The average molecular weight is 292 g/mol. The van der Waals surface area contributed by atoms with E-state index in [0.717, 1.165) is 21.5 Å². The second-order valence-electron chi connectivity index (χ2n) is 5.20. The van der Waals surface area contributed by atoms with Gasteiger partial charge in [0, 0.05) is 24.6 Å². The van der Waals surface area contributed by atoms with E-state index >= 15 is 0 Å². The highest BCUT2D eigenvalue weighted by Gasteiger charge is 2.15. The van der Waals surface area contributed by atoms with Crippen LogP contribution >= 0.6 is 0 Å². The third-order valence-electron chi connectivity index (χ3n) is 3.54. The molecule has 0 heterocycles. The van der Waals surface area contributed by atoms with Crippen molar-refractivity contribution in [1.82, 2.24) is 0 Å². The lowest BCUT2D eigenvalue weighted by Gasteiger charge is -2.17. The molecule has 0 saturated heterocycles. The summed E-state index contributed by atoms with van der Waals surface area (Å²) in [5, 5.41) is 9.60. The maximum atomic E-state index is 11.6. The van der Waals surface area contributed by atoms with Gasteiger partial charge in [-0.15, -0.1) is 0 Å². The molecule has 0 atom stereocenters. The molecule has 0 saturated carbocycles. The van der Waals surface area contributed by atoms with E-state index in [1.165, 1.54) is 13.8 Å². The van der Waals surface area contributed by atoms with Gasteiger partial charge < -0.3 is 10.6 Å². The highest BCUT2D eigenvalue weighted by molar-refractivity contribution is 6.23. The summed E-state index contributed by atoms with van der Waals surface area (Å²) in [6, 6.07) is 15.7. The highest BCUT2D eigenvalue weighted by atomic mass is 16.2. The molecule has 2 N–H and O–H groups in total. The van der Waals surface area contributed by atoms with E-state index in [2.05, 4.69) is 10.6 Å². The van der Waals surface area contributed by atoms with Gasteiger partial charge in [-0.25, -0.2) is 0 Å². The lowest BCUT2D eigenvalue weighted by molar-refractivity contribution is -0.115. The van der Waals surface area contributed by atoms with Crippen LogP contribution in [0.3, 0.4) is 0 Å². The zero-order valence-electron chi connectivity index (χ0n) is 12.4. The Morgan fingerprint density at radius 3 is 1.27 bits per heavy atom. The van der Waals surface area contributed by atoms with Crippen molar-refractivity contribution in [2.75, 3.05) is 10.6 Å². The third kappa shape index (κ3) is 2.39. The second-order valence-corrected chi connectivity index (χ2v) is 5.20. The minimum Gasteiger partial charge on any atom is -0.324 e. The van der Waals surface area contributed by atoms with Crippen LogP contribution in [0.1, 0.15) is 13.8 Å². The summed E-state index contributed by atoms with van der Waals surface area (Å²) >= 11 is 0. The molecule has 0 aromatic heterocycles. The summed E-state index contributed by atoms with van der Waals surface area (Å²) < 4.78 is 0. The lowest BCUT2D eigenvalue weighted by atomic mass is 9.98. The van der Waals surface area contributed by atoms with Gasteiger partial charge in [0.25, 0.3) is 0 Å². The smallest absolute Gasteiger partial charge is 0.221 e. The monoisotopic (exact) mass is 292 g/mol. The number of fused-ring (bicyclic) bond motifs is 3. The first-order valence-corrected chi connectivity index (χ1v) is 7.06. The fourth-order valence-corrected chi connectivity index (χ4v) is 2.75. The summed E-state index contributed by atoms with van der Waals surface area (Å²) in [6.07, 6.45) is 0. The highest BCUT2D eigenvalue weighted by Crippen LogP contribution is 2.40. The molecule has 0 radical (unpaired) electrons. The Bertz CT molecular complexity index is 825. The molecule has 3 aromatic rings. The van der Waals surface area contributed by atoms with E-state index < -0.39 is 0 Å². The largest absolute Gasteiger partial charge is 0.324 e. The maximum absolute atomic E-state index is 11.6. The molecule has 4 nitrogen and oxygen atoms in total. The molecule has 0 unspecified atom stereocenters. The van der Waals surface area contributed by atoms with E-state index in [-0.39, 0.29) is 11.8 Å². The minimum absolute atomic E-state index is 0.174. The van der Waals surface area contributed by atoms with E-state index in [4.69, 9.17) is 0 Å². The zero-order chi connectivity index (χ0) is 15.7. The number of amides is 2. The van der Waals surface area contributed by atoms with Crippen molar-refractivity contribution < 1.29 is 9.59 Å². The van der Waals surface area contributed by atoms with Crippen molar-refractivity contribution in [3.05, 3.63) is 48.5 Å². The third-order valence-corrected chi connectivity index (χ3v) is 3.54. The fourth-order valence-electron chi connectivity index (χ4n) is 2.75. The fraction of sp³-hybridized carbons (Fsp3) is 0.111. The van der Waals surface area contributed by atoms with Crippen LogP contribution in [-0.2, 0) is 9.59 Å². The van der Waals surface area contributed by atoms with Crippen LogP contribution in [0.25, 0.3) is 21.5 Å². The van der Waals surface area contributed by atoms with Gasteiger partial charge in [-0.05, 0) is 10.8 Å². The summed E-state index contributed by atoms with van der Waals surface area (Å²) in [5.41, 5.74) is 1.27. The Morgan fingerprint density at radius 2 is 0.955 bits per heavy atom. The van der Waals surface area contributed by atoms with Crippen molar-refractivity contribution in [3.63, 3.8) is 0 Å². The first kappa shape index (κ1) is 14.1. The number of nitrogens with one attached hydrogen (secondary N) is 2. The normalized spacial score (nSPS) is 10.6. The molecule has 0 aliphatic carbocycles. The van der Waals surface area contributed by atoms with Crippen LogP contribution in [0, 0.1) is 0 Å². The molecule has 0 aliphatic heterocycles. The molecule has 22 heavy (non-hydrogen) atoms. The van der Waals surface area contributed by atoms with Crippen LogP contribution in [0.4, 0.5) is 11.4 Å². The number of carbonyl (C=O) groups is 2. The van der Waals surface area contributed by atoms with E-state index in [1.807, 2.05) is 48.5 Å². The van der Waals surface area contributed by atoms with Gasteiger partial charge in [-0.1, -0.05) is 48.5 Å². The molecule has 0 fully saturated rings. The van der Waals surface area contributed by atoms with Crippen molar-refractivity contribution in [3.8, 4) is 0 Å². The molecule has 0 spiro atoms. The summed E-state index contributed by atoms with van der Waals surface area (Å²) in [6.45, 7) is 2.92. The van der Waals surface area contributed by atoms with Crippen molar-refractivity contribution in [2.45, 2.75) is 13.8 Å². The maximum Gasteiger partial charge on any atom is 0.221 e. The first-order valence-electron chi connectivity index (χ1n) is 7.06. The van der Waals surface area contributed by atoms with Crippen molar-refractivity contribution in [2.24, 2.45) is 0 Å². The Kier molecular flexibility index (Phi) is 3.51. The topological polar surface area (TPSA) is 58.2 Å². The van der Waals surface area contributed by atoms with Crippen molar-refractivity contribution in [1.29, 1.82) is 0 Å². The number of benzene rings is 3. The Balaban J connectivity index is 2.48. The molecule has 0 aliphatic rings. The average Bonchev–Trinajstić information content (AvgIpc) is 2.50. The second kappa shape index (κ2) is 5.48. The lowest BCUT2D eigenvalue weighted by Crippen LogP contribution is -2.13. The van der Waals surface area contributed by atoms with Crippen LogP contribution in [0.2, 0.25) is 0 Å². The molecule has 3 aromatic carbocycles. The predicted molar refractivity (Wildman–Crippen MR) is 90.1 cm³/mol. The van der Waals surface area contributed by atoms with Crippen LogP contribution < -0.4 is 10.6 Å². The number of hydrogen-bond acceptors (Lipinski definition) is 2. The summed E-state index contributed by atoms with van der Waals surface area (Å²) in [4.78, 5) is 23.2. The molecule has 2 amide bonds. The molecular weight excluding hydrogens is 276 g/mol. The minimum atomic E-state index is -0.174. The van der Waals surface area contributed by atoms with Gasteiger partial charge in [-0.2, -0.15) is 0 Å². The molecule has 3 rings (SSSR count). The van der Waals surface area contributed by atoms with Gasteiger partial charge in [-0.3, -0.25) is 9.59 Å². The van der Waals surface area contributed by atoms with Crippen LogP contribution in [0.5, 0.6) is 0 Å². The van der Waals surface area contributed by atoms with Gasteiger partial charge in [0.15, 0.2) is 0 Å².